The normalized spacial score (nSPS) is 17.6. The SMILES string of the molecule is Nc1c(N(N)CC2CC2)ccc(OC2=CCCC=N2)c1C(F)(F)F. The third kappa shape index (κ3) is 3.64. The topological polar surface area (TPSA) is 76.9 Å². The number of allylic oxidation sites excluding steroid dienone is 1. The number of ether oxygens (including phenoxy) is 1. The van der Waals surface area contributed by atoms with Gasteiger partial charge in [0.05, 0.1) is 11.4 Å². The molecule has 8 heteroatoms. The minimum atomic E-state index is -4.66. The molecule has 1 heterocycles. The van der Waals surface area contributed by atoms with Gasteiger partial charge in [0, 0.05) is 12.8 Å². The second-order valence-electron chi connectivity index (χ2n) is 6.00. The summed E-state index contributed by atoms with van der Waals surface area (Å²) in [6.45, 7) is 0.483. The number of nitrogens with two attached hydrogens (primary N) is 2. The number of alkyl halides is 3. The number of anilines is 2. The predicted molar refractivity (Wildman–Crippen MR) is 86.6 cm³/mol. The standard InChI is InChI=1S/C16H19F3N4O/c17-16(18,19)14-12(24-13-3-1-2-8-22-13)7-6-11(15(14)20)23(21)9-10-4-5-10/h3,6-8,10H,1-2,4-5,9,20-21H2. The molecule has 4 N–H and O–H groups in total. The first-order valence-corrected chi connectivity index (χ1v) is 7.78. The summed E-state index contributed by atoms with van der Waals surface area (Å²) in [5.74, 6) is 6.08. The molecule has 130 valence electrons. The summed E-state index contributed by atoms with van der Waals surface area (Å²) in [5.41, 5.74) is 4.50. The zero-order chi connectivity index (χ0) is 17.3. The minimum Gasteiger partial charge on any atom is -0.439 e. The Morgan fingerprint density at radius 2 is 2.00 bits per heavy atom. The van der Waals surface area contributed by atoms with E-state index in [-0.39, 0.29) is 17.3 Å². The summed E-state index contributed by atoms with van der Waals surface area (Å²) < 4.78 is 45.8. The Kier molecular flexibility index (Phi) is 4.40. The lowest BCUT2D eigenvalue weighted by atomic mass is 10.1. The smallest absolute Gasteiger partial charge is 0.422 e. The van der Waals surface area contributed by atoms with E-state index in [9.17, 15) is 13.2 Å². The molecule has 1 aromatic carbocycles. The number of halogens is 3. The molecule has 3 rings (SSSR count). The van der Waals surface area contributed by atoms with Gasteiger partial charge in [0.1, 0.15) is 11.3 Å². The van der Waals surface area contributed by atoms with Gasteiger partial charge in [-0.2, -0.15) is 13.2 Å². The Bertz CT molecular complexity index is 681. The molecule has 24 heavy (non-hydrogen) atoms. The van der Waals surface area contributed by atoms with Crippen LogP contribution in [-0.2, 0) is 6.18 Å². The number of nitrogens with zero attached hydrogens (tertiary/aromatic N) is 2. The second-order valence-corrected chi connectivity index (χ2v) is 6.00. The number of hydrazine groups is 1. The van der Waals surface area contributed by atoms with E-state index >= 15 is 0 Å². The van der Waals surface area contributed by atoms with E-state index in [0.29, 0.717) is 18.9 Å². The van der Waals surface area contributed by atoms with Crippen LogP contribution in [0.15, 0.2) is 29.1 Å². The van der Waals surface area contributed by atoms with E-state index < -0.39 is 17.4 Å². The molecule has 0 bridgehead atoms. The maximum Gasteiger partial charge on any atom is 0.422 e. The van der Waals surface area contributed by atoms with Gasteiger partial charge in [-0.25, -0.2) is 10.8 Å². The van der Waals surface area contributed by atoms with Crippen molar-refractivity contribution in [2.24, 2.45) is 16.8 Å². The number of nitrogen functional groups attached to an aromatic ring is 1. The van der Waals surface area contributed by atoms with E-state index in [1.54, 1.807) is 12.3 Å². The molecule has 1 aliphatic heterocycles. The highest BCUT2D eigenvalue weighted by Crippen LogP contribution is 2.45. The molecular formula is C16H19F3N4O. The highest BCUT2D eigenvalue weighted by atomic mass is 19.4. The second kappa shape index (κ2) is 6.35. The molecule has 0 radical (unpaired) electrons. The first kappa shape index (κ1) is 16.6. The van der Waals surface area contributed by atoms with Gasteiger partial charge in [-0.1, -0.05) is 0 Å². The maximum atomic E-state index is 13.5. The van der Waals surface area contributed by atoms with Crippen molar-refractivity contribution in [2.75, 3.05) is 17.3 Å². The van der Waals surface area contributed by atoms with Gasteiger partial charge >= 0.3 is 6.18 Å². The van der Waals surface area contributed by atoms with Crippen molar-refractivity contribution in [3.63, 3.8) is 0 Å². The Morgan fingerprint density at radius 3 is 2.58 bits per heavy atom. The van der Waals surface area contributed by atoms with Crippen LogP contribution >= 0.6 is 0 Å². The first-order valence-electron chi connectivity index (χ1n) is 7.78. The van der Waals surface area contributed by atoms with Crippen LogP contribution in [0.4, 0.5) is 24.5 Å². The van der Waals surface area contributed by atoms with Gasteiger partial charge in [0.2, 0.25) is 5.88 Å². The van der Waals surface area contributed by atoms with Crippen LogP contribution in [0.1, 0.15) is 31.2 Å². The van der Waals surface area contributed by atoms with E-state index in [2.05, 4.69) is 4.99 Å². The van der Waals surface area contributed by atoms with Crippen molar-refractivity contribution < 1.29 is 17.9 Å². The minimum absolute atomic E-state index is 0.140. The van der Waals surface area contributed by atoms with Crippen LogP contribution in [0, 0.1) is 5.92 Å². The first-order chi connectivity index (χ1) is 11.4. The molecule has 1 aromatic rings. The Balaban J connectivity index is 1.94. The number of hydrogen-bond acceptors (Lipinski definition) is 5. The van der Waals surface area contributed by atoms with Crippen LogP contribution in [-0.4, -0.2) is 12.8 Å². The Labute approximate surface area is 137 Å². The van der Waals surface area contributed by atoms with Gasteiger partial charge in [-0.15, -0.1) is 0 Å². The van der Waals surface area contributed by atoms with E-state index in [1.165, 1.54) is 17.1 Å². The fourth-order valence-electron chi connectivity index (χ4n) is 2.56. The van der Waals surface area contributed by atoms with Crippen LogP contribution in [0.5, 0.6) is 5.75 Å². The summed E-state index contributed by atoms with van der Waals surface area (Å²) in [6.07, 6.45) is 2.08. The van der Waals surface area contributed by atoms with E-state index in [1.807, 2.05) is 0 Å². The van der Waals surface area contributed by atoms with Crippen LogP contribution in [0.25, 0.3) is 0 Å². The third-order valence-electron chi connectivity index (χ3n) is 3.98. The number of benzene rings is 1. The molecular weight excluding hydrogens is 321 g/mol. The lowest BCUT2D eigenvalue weighted by Crippen LogP contribution is -2.34. The molecule has 2 aliphatic rings. The van der Waals surface area contributed by atoms with E-state index in [4.69, 9.17) is 16.3 Å². The largest absolute Gasteiger partial charge is 0.439 e. The van der Waals surface area contributed by atoms with Gasteiger partial charge in [0.15, 0.2) is 0 Å². The fraction of sp³-hybridized carbons (Fsp3) is 0.438. The maximum absolute atomic E-state index is 13.5. The van der Waals surface area contributed by atoms with Crippen LogP contribution in [0.2, 0.25) is 0 Å². The monoisotopic (exact) mass is 340 g/mol. The summed E-state index contributed by atoms with van der Waals surface area (Å²) in [5, 5.41) is 1.28. The number of aliphatic imine (C=N–C) groups is 1. The van der Waals surface area contributed by atoms with Crippen molar-refractivity contribution in [3.8, 4) is 5.75 Å². The number of hydrogen-bond donors (Lipinski definition) is 2. The van der Waals surface area contributed by atoms with E-state index in [0.717, 1.165) is 19.3 Å². The summed E-state index contributed by atoms with van der Waals surface area (Å²) in [7, 11) is 0. The average Bonchev–Trinajstić information content (AvgIpc) is 3.31. The third-order valence-corrected chi connectivity index (χ3v) is 3.98. The van der Waals surface area contributed by atoms with Crippen LogP contribution < -0.4 is 21.3 Å². The van der Waals surface area contributed by atoms with Gasteiger partial charge in [-0.05, 0) is 49.8 Å². The molecule has 0 aromatic heterocycles. The molecule has 5 nitrogen and oxygen atoms in total. The molecule has 1 fully saturated rings. The summed E-state index contributed by atoms with van der Waals surface area (Å²) in [4.78, 5) is 3.95. The molecule has 1 saturated carbocycles. The Hall–Kier alpha value is -2.22. The molecule has 0 spiro atoms. The highest BCUT2D eigenvalue weighted by molar-refractivity contribution is 5.75. The fourth-order valence-corrected chi connectivity index (χ4v) is 2.56. The van der Waals surface area contributed by atoms with Gasteiger partial charge in [-0.3, -0.25) is 0 Å². The quantitative estimate of drug-likeness (QED) is 0.489. The van der Waals surface area contributed by atoms with Crippen molar-refractivity contribution in [1.82, 2.24) is 0 Å². The zero-order valence-corrected chi connectivity index (χ0v) is 13.0. The number of rotatable bonds is 5. The molecule has 0 amide bonds. The highest BCUT2D eigenvalue weighted by Gasteiger charge is 2.39. The van der Waals surface area contributed by atoms with Crippen molar-refractivity contribution in [3.05, 3.63) is 29.7 Å². The van der Waals surface area contributed by atoms with Gasteiger partial charge < -0.3 is 15.5 Å². The molecule has 1 aliphatic carbocycles. The molecule has 0 saturated heterocycles. The average molecular weight is 340 g/mol. The summed E-state index contributed by atoms with van der Waals surface area (Å²) in [6, 6.07) is 2.70. The molecule has 0 unspecified atom stereocenters. The predicted octanol–water partition coefficient (Wildman–Crippen LogP) is 3.46. The molecule has 0 atom stereocenters. The van der Waals surface area contributed by atoms with Crippen molar-refractivity contribution in [2.45, 2.75) is 31.9 Å². The lowest BCUT2D eigenvalue weighted by molar-refractivity contribution is -0.137. The lowest BCUT2D eigenvalue weighted by Gasteiger charge is -2.24. The van der Waals surface area contributed by atoms with Crippen molar-refractivity contribution in [1.29, 1.82) is 0 Å². The zero-order valence-electron chi connectivity index (χ0n) is 13.0. The summed E-state index contributed by atoms with van der Waals surface area (Å²) >= 11 is 0. The van der Waals surface area contributed by atoms with Crippen molar-refractivity contribution >= 4 is 17.6 Å². The van der Waals surface area contributed by atoms with Crippen LogP contribution in [0.3, 0.4) is 0 Å². The van der Waals surface area contributed by atoms with Gasteiger partial charge in [0.25, 0.3) is 0 Å². The Morgan fingerprint density at radius 1 is 1.25 bits per heavy atom.